The summed E-state index contributed by atoms with van der Waals surface area (Å²) in [5.74, 6) is 0.489. The third-order valence-electron chi connectivity index (χ3n) is 2.14. The molecule has 1 aromatic heterocycles. The molecule has 0 spiro atoms. The fourth-order valence-electron chi connectivity index (χ4n) is 1.29. The summed E-state index contributed by atoms with van der Waals surface area (Å²) in [7, 11) is 1.88. The molecule has 5 nitrogen and oxygen atoms in total. The second-order valence-electron chi connectivity index (χ2n) is 3.67. The van der Waals surface area contributed by atoms with Crippen molar-refractivity contribution in [3.63, 3.8) is 0 Å². The second kappa shape index (κ2) is 3.32. The largest absolute Gasteiger partial charge is 0.370 e. The fraction of sp³-hybridized carbons (Fsp3) is 0.556. The Morgan fingerprint density at radius 2 is 2.43 bits per heavy atom. The topological polar surface area (TPSA) is 68.2 Å². The number of aryl methyl sites for hydroxylation is 2. The quantitative estimate of drug-likeness (QED) is 0.534. The Hall–Kier alpha value is -1.52. The van der Waals surface area contributed by atoms with Crippen molar-refractivity contribution >= 4 is 11.6 Å². The summed E-state index contributed by atoms with van der Waals surface area (Å²) in [6.07, 6.45) is 4.22. The predicted molar refractivity (Wildman–Crippen MR) is 56.2 cm³/mol. The molecule has 1 aliphatic carbocycles. The number of nitrogens with one attached hydrogen (secondary N) is 1. The van der Waals surface area contributed by atoms with Crippen LogP contribution < -0.4 is 11.1 Å². The molecule has 1 heterocycles. The smallest absolute Gasteiger partial charge is 0.193 e. The maximum Gasteiger partial charge on any atom is 0.193 e. The number of hydrogen-bond donors (Lipinski definition) is 2. The zero-order chi connectivity index (χ0) is 10.1. The van der Waals surface area contributed by atoms with Crippen LogP contribution >= 0.6 is 0 Å². The monoisotopic (exact) mass is 193 g/mol. The van der Waals surface area contributed by atoms with Gasteiger partial charge in [-0.25, -0.2) is 4.99 Å². The lowest BCUT2D eigenvalue weighted by Crippen LogP contribution is -2.23. The van der Waals surface area contributed by atoms with Crippen LogP contribution in [0.15, 0.2) is 11.2 Å². The van der Waals surface area contributed by atoms with Gasteiger partial charge in [0.2, 0.25) is 0 Å². The first-order valence-electron chi connectivity index (χ1n) is 4.75. The number of aliphatic imine (C=N–C) groups is 1. The average molecular weight is 193 g/mol. The number of aromatic nitrogens is 2. The molecular formula is C9H15N5. The van der Waals surface area contributed by atoms with E-state index in [0.29, 0.717) is 12.0 Å². The lowest BCUT2D eigenvalue weighted by molar-refractivity contribution is 0.756. The van der Waals surface area contributed by atoms with Gasteiger partial charge in [-0.05, 0) is 19.8 Å². The van der Waals surface area contributed by atoms with Gasteiger partial charge >= 0.3 is 0 Å². The predicted octanol–water partition coefficient (Wildman–Crippen LogP) is 0.618. The molecule has 76 valence electrons. The molecule has 0 amide bonds. The van der Waals surface area contributed by atoms with Crippen LogP contribution in [-0.2, 0) is 7.05 Å². The summed E-state index contributed by atoms with van der Waals surface area (Å²) >= 11 is 0. The van der Waals surface area contributed by atoms with E-state index in [1.807, 2.05) is 20.2 Å². The minimum absolute atomic E-state index is 0.444. The van der Waals surface area contributed by atoms with Gasteiger partial charge in [0.15, 0.2) is 5.96 Å². The molecule has 0 bridgehead atoms. The summed E-state index contributed by atoms with van der Waals surface area (Å²) in [5.41, 5.74) is 7.58. The lowest BCUT2D eigenvalue weighted by atomic mass is 10.4. The van der Waals surface area contributed by atoms with Gasteiger partial charge in [-0.15, -0.1) is 0 Å². The minimum atomic E-state index is 0.444. The summed E-state index contributed by atoms with van der Waals surface area (Å²) in [5, 5.41) is 7.25. The zero-order valence-corrected chi connectivity index (χ0v) is 8.49. The number of nitrogens with two attached hydrogens (primary N) is 1. The summed E-state index contributed by atoms with van der Waals surface area (Å²) in [6.45, 7) is 1.94. The van der Waals surface area contributed by atoms with Crippen molar-refractivity contribution in [2.75, 3.05) is 5.32 Å². The fourth-order valence-corrected chi connectivity index (χ4v) is 1.29. The standard InChI is InChI=1S/C9H15N5/c1-6-8(5-14(2)13-6)12-9(10)11-7-3-4-7/h5,7H,3-4H2,1-2H3,(H3,10,11,12). The minimum Gasteiger partial charge on any atom is -0.370 e. The first-order chi connectivity index (χ1) is 6.65. The van der Waals surface area contributed by atoms with E-state index in [2.05, 4.69) is 15.4 Å². The third-order valence-corrected chi connectivity index (χ3v) is 2.14. The molecule has 5 heteroatoms. The Labute approximate surface area is 83.0 Å². The van der Waals surface area contributed by atoms with Gasteiger partial charge in [0.05, 0.1) is 17.4 Å². The van der Waals surface area contributed by atoms with E-state index in [1.165, 1.54) is 0 Å². The lowest BCUT2D eigenvalue weighted by Gasteiger charge is -2.02. The first kappa shape index (κ1) is 9.05. The van der Waals surface area contributed by atoms with Crippen LogP contribution in [0, 0.1) is 6.92 Å². The van der Waals surface area contributed by atoms with Gasteiger partial charge in [0.25, 0.3) is 0 Å². The third kappa shape index (κ3) is 2.04. The SMILES string of the molecule is Cc1nn(C)cc1NC(N)=NC1CC1. The number of guanidine groups is 1. The van der Waals surface area contributed by atoms with Gasteiger partial charge in [0, 0.05) is 13.2 Å². The molecular weight excluding hydrogens is 178 g/mol. The number of rotatable bonds is 2. The van der Waals surface area contributed by atoms with Crippen molar-refractivity contribution in [3.05, 3.63) is 11.9 Å². The number of hydrogen-bond acceptors (Lipinski definition) is 2. The highest BCUT2D eigenvalue weighted by atomic mass is 15.3. The van der Waals surface area contributed by atoms with Gasteiger partial charge in [-0.2, -0.15) is 5.10 Å². The van der Waals surface area contributed by atoms with Crippen molar-refractivity contribution in [1.29, 1.82) is 0 Å². The molecule has 0 aliphatic heterocycles. The molecule has 0 radical (unpaired) electrons. The van der Waals surface area contributed by atoms with Crippen LogP contribution in [0.4, 0.5) is 5.69 Å². The molecule has 1 aromatic rings. The van der Waals surface area contributed by atoms with Crippen LogP contribution in [0.5, 0.6) is 0 Å². The second-order valence-corrected chi connectivity index (χ2v) is 3.67. The van der Waals surface area contributed by atoms with Gasteiger partial charge < -0.3 is 11.1 Å². The molecule has 0 saturated heterocycles. The zero-order valence-electron chi connectivity index (χ0n) is 8.49. The normalized spacial score (nSPS) is 17.1. The van der Waals surface area contributed by atoms with Crippen LogP contribution in [0.2, 0.25) is 0 Å². The molecule has 1 aliphatic rings. The van der Waals surface area contributed by atoms with E-state index in [0.717, 1.165) is 24.2 Å². The van der Waals surface area contributed by atoms with E-state index in [4.69, 9.17) is 5.73 Å². The molecule has 1 fully saturated rings. The van der Waals surface area contributed by atoms with E-state index in [-0.39, 0.29) is 0 Å². The number of nitrogens with zero attached hydrogens (tertiary/aromatic N) is 3. The van der Waals surface area contributed by atoms with E-state index in [9.17, 15) is 0 Å². The van der Waals surface area contributed by atoms with E-state index < -0.39 is 0 Å². The maximum atomic E-state index is 5.73. The van der Waals surface area contributed by atoms with Crippen LogP contribution in [-0.4, -0.2) is 21.8 Å². The maximum absolute atomic E-state index is 5.73. The summed E-state index contributed by atoms with van der Waals surface area (Å²) in [6, 6.07) is 0.444. The molecule has 2 rings (SSSR count). The highest BCUT2D eigenvalue weighted by molar-refractivity contribution is 5.92. The summed E-state index contributed by atoms with van der Waals surface area (Å²) < 4.78 is 1.75. The highest BCUT2D eigenvalue weighted by Crippen LogP contribution is 2.23. The molecule has 14 heavy (non-hydrogen) atoms. The van der Waals surface area contributed by atoms with Crippen molar-refractivity contribution in [2.45, 2.75) is 25.8 Å². The molecule has 3 N–H and O–H groups in total. The van der Waals surface area contributed by atoms with Crippen LogP contribution in [0.3, 0.4) is 0 Å². The Morgan fingerprint density at radius 1 is 1.71 bits per heavy atom. The Bertz CT molecular complexity index is 361. The van der Waals surface area contributed by atoms with Crippen LogP contribution in [0.1, 0.15) is 18.5 Å². The van der Waals surface area contributed by atoms with Gasteiger partial charge in [-0.1, -0.05) is 0 Å². The Balaban J connectivity index is 2.05. The van der Waals surface area contributed by atoms with Gasteiger partial charge in [-0.3, -0.25) is 4.68 Å². The average Bonchev–Trinajstić information content (AvgIpc) is 2.81. The van der Waals surface area contributed by atoms with Crippen molar-refractivity contribution < 1.29 is 0 Å². The van der Waals surface area contributed by atoms with E-state index in [1.54, 1.807) is 4.68 Å². The Kier molecular flexibility index (Phi) is 2.15. The van der Waals surface area contributed by atoms with E-state index >= 15 is 0 Å². The molecule has 0 atom stereocenters. The van der Waals surface area contributed by atoms with Crippen molar-refractivity contribution in [1.82, 2.24) is 9.78 Å². The van der Waals surface area contributed by atoms with Crippen LogP contribution in [0.25, 0.3) is 0 Å². The first-order valence-corrected chi connectivity index (χ1v) is 4.75. The number of anilines is 1. The molecule has 0 aromatic carbocycles. The Morgan fingerprint density at radius 3 is 2.93 bits per heavy atom. The molecule has 0 unspecified atom stereocenters. The van der Waals surface area contributed by atoms with Crippen molar-refractivity contribution in [3.8, 4) is 0 Å². The molecule has 1 saturated carbocycles. The van der Waals surface area contributed by atoms with Gasteiger partial charge in [0.1, 0.15) is 0 Å². The highest BCUT2D eigenvalue weighted by Gasteiger charge is 2.20. The summed E-state index contributed by atoms with van der Waals surface area (Å²) in [4.78, 5) is 4.28. The van der Waals surface area contributed by atoms with Crippen molar-refractivity contribution in [2.24, 2.45) is 17.8 Å².